The van der Waals surface area contributed by atoms with Crippen molar-refractivity contribution in [2.45, 2.75) is 39.2 Å². The Bertz CT molecular complexity index is 600. The van der Waals surface area contributed by atoms with E-state index >= 15 is 0 Å². The van der Waals surface area contributed by atoms with Crippen molar-refractivity contribution in [1.29, 1.82) is 0 Å². The number of carbonyl (C=O) groups is 1. The molecule has 1 aromatic heterocycles. The summed E-state index contributed by atoms with van der Waals surface area (Å²) in [7, 11) is 0. The van der Waals surface area contributed by atoms with Gasteiger partial charge in [0.1, 0.15) is 0 Å². The lowest BCUT2D eigenvalue weighted by Gasteiger charge is -2.31. The molecule has 7 heteroatoms. The molecule has 0 aliphatic carbocycles. The van der Waals surface area contributed by atoms with E-state index in [0.717, 1.165) is 44.1 Å². The molecule has 0 radical (unpaired) electrons. The predicted octanol–water partition coefficient (Wildman–Crippen LogP) is 0.591. The fraction of sp³-hybridized carbons (Fsp3) is 0.688. The monoisotopic (exact) mass is 318 g/mol. The lowest BCUT2D eigenvalue weighted by atomic mass is 9.94. The highest BCUT2D eigenvalue weighted by atomic mass is 16.1. The van der Waals surface area contributed by atoms with Crippen LogP contribution in [0.4, 0.5) is 0 Å². The molecule has 1 atom stereocenters. The van der Waals surface area contributed by atoms with Gasteiger partial charge in [-0.1, -0.05) is 6.92 Å². The van der Waals surface area contributed by atoms with Crippen LogP contribution < -0.4 is 11.5 Å². The first-order valence-corrected chi connectivity index (χ1v) is 8.44. The van der Waals surface area contributed by atoms with Crippen molar-refractivity contribution < 1.29 is 4.79 Å². The van der Waals surface area contributed by atoms with Crippen LogP contribution in [-0.2, 0) is 13.0 Å². The second-order valence-corrected chi connectivity index (χ2v) is 6.82. The highest BCUT2D eigenvalue weighted by Crippen LogP contribution is 2.23. The first kappa shape index (κ1) is 15.8. The number of primary amides is 1. The van der Waals surface area contributed by atoms with Gasteiger partial charge in [0.25, 0.3) is 5.91 Å². The molecule has 23 heavy (non-hydrogen) atoms. The maximum Gasteiger partial charge on any atom is 0.252 e. The summed E-state index contributed by atoms with van der Waals surface area (Å²) in [6.45, 7) is 5.79. The fourth-order valence-electron chi connectivity index (χ4n) is 3.42. The number of hydrogen-bond donors (Lipinski definition) is 2. The van der Waals surface area contributed by atoms with Crippen LogP contribution >= 0.6 is 0 Å². The first-order chi connectivity index (χ1) is 11.0. The van der Waals surface area contributed by atoms with E-state index in [0.29, 0.717) is 24.0 Å². The zero-order valence-electron chi connectivity index (χ0n) is 13.7. The fourth-order valence-corrected chi connectivity index (χ4v) is 3.42. The predicted molar refractivity (Wildman–Crippen MR) is 89.0 cm³/mol. The van der Waals surface area contributed by atoms with Gasteiger partial charge in [-0.15, -0.1) is 0 Å². The largest absolute Gasteiger partial charge is 0.370 e. The summed E-state index contributed by atoms with van der Waals surface area (Å²) in [6, 6.07) is 0. The number of nitrogens with two attached hydrogens (primary N) is 2. The summed E-state index contributed by atoms with van der Waals surface area (Å²) in [5, 5.41) is 4.24. The smallest absolute Gasteiger partial charge is 0.252 e. The van der Waals surface area contributed by atoms with Gasteiger partial charge in [-0.2, -0.15) is 5.10 Å². The van der Waals surface area contributed by atoms with E-state index in [9.17, 15) is 4.79 Å². The molecule has 0 saturated carbocycles. The van der Waals surface area contributed by atoms with Gasteiger partial charge in [0.05, 0.1) is 17.5 Å². The maximum atomic E-state index is 11.5. The zero-order chi connectivity index (χ0) is 16.4. The van der Waals surface area contributed by atoms with E-state index in [1.807, 2.05) is 4.68 Å². The van der Waals surface area contributed by atoms with Gasteiger partial charge in [0, 0.05) is 26.2 Å². The molecule has 3 heterocycles. The van der Waals surface area contributed by atoms with Crippen LogP contribution in [0.15, 0.2) is 11.2 Å². The average Bonchev–Trinajstić information content (AvgIpc) is 2.96. The second kappa shape index (κ2) is 6.60. The number of carbonyl (C=O) groups excluding carboxylic acids is 1. The number of aliphatic imine (C=N–C) groups is 1. The summed E-state index contributed by atoms with van der Waals surface area (Å²) in [5.41, 5.74) is 13.0. The Balaban J connectivity index is 1.60. The molecule has 1 amide bonds. The maximum absolute atomic E-state index is 11.5. The number of likely N-dealkylation sites (tertiary alicyclic amines) is 1. The van der Waals surface area contributed by atoms with Crippen molar-refractivity contribution >= 4 is 11.9 Å². The van der Waals surface area contributed by atoms with Gasteiger partial charge in [-0.3, -0.25) is 14.5 Å². The van der Waals surface area contributed by atoms with Crippen molar-refractivity contribution in [2.75, 3.05) is 19.6 Å². The van der Waals surface area contributed by atoms with Gasteiger partial charge in [0.15, 0.2) is 5.96 Å². The Kier molecular flexibility index (Phi) is 4.54. The summed E-state index contributed by atoms with van der Waals surface area (Å²) in [4.78, 5) is 18.2. The standard InChI is InChI=1S/C16H26N6O/c1-11-2-5-21(6-3-11)16(18)19-9-12-4-7-22-14(8-12)13(10-20-22)15(17)23/h10-12H,2-9H2,1H3,(H2,17,23)(H2,18,19). The first-order valence-electron chi connectivity index (χ1n) is 8.44. The number of aromatic nitrogens is 2. The molecule has 1 saturated heterocycles. The van der Waals surface area contributed by atoms with E-state index in [-0.39, 0.29) is 0 Å². The topological polar surface area (TPSA) is 103 Å². The number of fused-ring (bicyclic) bond motifs is 1. The molecule has 126 valence electrons. The van der Waals surface area contributed by atoms with Gasteiger partial charge < -0.3 is 16.4 Å². The number of rotatable bonds is 3. The molecular formula is C16H26N6O. The van der Waals surface area contributed by atoms with Crippen LogP contribution in [0.3, 0.4) is 0 Å². The second-order valence-electron chi connectivity index (χ2n) is 6.82. The van der Waals surface area contributed by atoms with E-state index in [1.165, 1.54) is 12.8 Å². The molecule has 3 rings (SSSR count). The van der Waals surface area contributed by atoms with Crippen LogP contribution in [0.25, 0.3) is 0 Å². The van der Waals surface area contributed by atoms with E-state index < -0.39 is 5.91 Å². The molecule has 0 aromatic carbocycles. The van der Waals surface area contributed by atoms with Crippen molar-refractivity contribution in [1.82, 2.24) is 14.7 Å². The van der Waals surface area contributed by atoms with Crippen LogP contribution in [0, 0.1) is 11.8 Å². The summed E-state index contributed by atoms with van der Waals surface area (Å²) in [5.74, 6) is 1.42. The Hall–Kier alpha value is -2.05. The highest BCUT2D eigenvalue weighted by molar-refractivity contribution is 5.93. The lowest BCUT2D eigenvalue weighted by Crippen LogP contribution is -2.42. The van der Waals surface area contributed by atoms with Crippen LogP contribution in [0.2, 0.25) is 0 Å². The molecular weight excluding hydrogens is 292 g/mol. The highest BCUT2D eigenvalue weighted by Gasteiger charge is 2.24. The minimum atomic E-state index is -0.405. The van der Waals surface area contributed by atoms with Crippen molar-refractivity contribution in [3.8, 4) is 0 Å². The number of amides is 1. The molecule has 0 spiro atoms. The third kappa shape index (κ3) is 3.48. The number of piperidine rings is 1. The Labute approximate surface area is 136 Å². The van der Waals surface area contributed by atoms with Crippen molar-refractivity contribution in [2.24, 2.45) is 28.3 Å². The zero-order valence-corrected chi connectivity index (χ0v) is 13.7. The van der Waals surface area contributed by atoms with Gasteiger partial charge in [0.2, 0.25) is 0 Å². The quantitative estimate of drug-likeness (QED) is 0.629. The van der Waals surface area contributed by atoms with E-state index in [2.05, 4.69) is 21.9 Å². The third-order valence-electron chi connectivity index (χ3n) is 5.06. The Morgan fingerprint density at radius 3 is 2.74 bits per heavy atom. The molecule has 1 aromatic rings. The molecule has 1 fully saturated rings. The minimum absolute atomic E-state index is 0.388. The molecule has 1 unspecified atom stereocenters. The third-order valence-corrected chi connectivity index (χ3v) is 5.06. The molecule has 7 nitrogen and oxygen atoms in total. The normalized spacial score (nSPS) is 22.9. The lowest BCUT2D eigenvalue weighted by molar-refractivity contribution is 0.0998. The molecule has 4 N–H and O–H groups in total. The molecule has 0 bridgehead atoms. The van der Waals surface area contributed by atoms with Gasteiger partial charge in [-0.05, 0) is 37.5 Å². The minimum Gasteiger partial charge on any atom is -0.370 e. The molecule has 2 aliphatic rings. The summed E-state index contributed by atoms with van der Waals surface area (Å²) in [6.07, 6.45) is 5.72. The van der Waals surface area contributed by atoms with E-state index in [4.69, 9.17) is 11.5 Å². The Morgan fingerprint density at radius 1 is 1.30 bits per heavy atom. The number of hydrogen-bond acceptors (Lipinski definition) is 3. The van der Waals surface area contributed by atoms with Crippen LogP contribution in [-0.4, -0.2) is 46.2 Å². The van der Waals surface area contributed by atoms with Gasteiger partial charge in [-0.25, -0.2) is 0 Å². The molecule has 2 aliphatic heterocycles. The van der Waals surface area contributed by atoms with Gasteiger partial charge >= 0.3 is 0 Å². The number of aryl methyl sites for hydroxylation is 1. The van der Waals surface area contributed by atoms with Crippen LogP contribution in [0.1, 0.15) is 42.2 Å². The number of nitrogens with zero attached hydrogens (tertiary/aromatic N) is 4. The average molecular weight is 318 g/mol. The number of guanidine groups is 1. The summed E-state index contributed by atoms with van der Waals surface area (Å²) >= 11 is 0. The van der Waals surface area contributed by atoms with E-state index in [1.54, 1.807) is 6.20 Å². The van der Waals surface area contributed by atoms with Crippen molar-refractivity contribution in [3.63, 3.8) is 0 Å². The van der Waals surface area contributed by atoms with Crippen molar-refractivity contribution in [3.05, 3.63) is 17.5 Å². The van der Waals surface area contributed by atoms with Crippen LogP contribution in [0.5, 0.6) is 0 Å². The SMILES string of the molecule is CC1CCN(C(N)=NCC2CCn3ncc(C(N)=O)c3C2)CC1. The Morgan fingerprint density at radius 2 is 2.04 bits per heavy atom. The summed E-state index contributed by atoms with van der Waals surface area (Å²) < 4.78 is 1.88.